The number of aryl methyl sites for hydroxylation is 1. The van der Waals surface area contributed by atoms with Crippen molar-refractivity contribution in [2.75, 3.05) is 21.3 Å². The second-order valence-corrected chi connectivity index (χ2v) is 8.18. The molecule has 0 saturated carbocycles. The number of rotatable bonds is 7. The van der Waals surface area contributed by atoms with Gasteiger partial charge in [-0.25, -0.2) is 9.98 Å². The predicted molar refractivity (Wildman–Crippen MR) is 147 cm³/mol. The lowest BCUT2D eigenvalue weighted by Crippen LogP contribution is -2.07. The number of methoxy groups -OCH3 is 3. The van der Waals surface area contributed by atoms with E-state index in [0.29, 0.717) is 34.4 Å². The van der Waals surface area contributed by atoms with Crippen molar-refractivity contribution in [3.05, 3.63) is 125 Å². The minimum atomic E-state index is -0.0893. The smallest absolute Gasteiger partial charge is 0.221 e. The van der Waals surface area contributed by atoms with Gasteiger partial charge in [-0.1, -0.05) is 54.6 Å². The molecule has 4 aromatic carbocycles. The zero-order valence-electron chi connectivity index (χ0n) is 21.3. The van der Waals surface area contributed by atoms with E-state index in [1.807, 2.05) is 79.7 Å². The van der Waals surface area contributed by atoms with E-state index in [-0.39, 0.29) is 5.78 Å². The number of benzene rings is 4. The summed E-state index contributed by atoms with van der Waals surface area (Å²) in [5, 5.41) is 0. The largest absolute Gasteiger partial charge is 0.494 e. The maximum atomic E-state index is 13.1. The first-order valence-electron chi connectivity index (χ1n) is 11.7. The lowest BCUT2D eigenvalue weighted by Gasteiger charge is -2.09. The molecule has 0 fully saturated rings. The quantitative estimate of drug-likeness (QED) is 0.164. The Morgan fingerprint density at radius 2 is 1.00 bits per heavy atom. The van der Waals surface area contributed by atoms with Crippen LogP contribution in [0.3, 0.4) is 0 Å². The fourth-order valence-electron chi connectivity index (χ4n) is 3.78. The van der Waals surface area contributed by atoms with Crippen molar-refractivity contribution >= 4 is 29.0 Å². The molecule has 0 amide bonds. The topological polar surface area (TPSA) is 69.5 Å². The number of hydrogen-bond acceptors (Lipinski definition) is 6. The van der Waals surface area contributed by atoms with Crippen molar-refractivity contribution in [1.29, 1.82) is 0 Å². The van der Waals surface area contributed by atoms with Gasteiger partial charge in [0.2, 0.25) is 11.8 Å². The third-order valence-corrected chi connectivity index (χ3v) is 5.82. The Labute approximate surface area is 216 Å². The molecule has 0 unspecified atom stereocenters. The summed E-state index contributed by atoms with van der Waals surface area (Å²) in [6, 6.07) is 29.7. The molecule has 0 atom stereocenters. The Morgan fingerprint density at radius 1 is 0.568 bits per heavy atom. The Bertz CT molecular complexity index is 1440. The van der Waals surface area contributed by atoms with Crippen LogP contribution in [0.5, 0.6) is 5.75 Å². The lowest BCUT2D eigenvalue weighted by atomic mass is 10.0. The van der Waals surface area contributed by atoms with E-state index in [2.05, 4.69) is 9.98 Å². The van der Waals surface area contributed by atoms with Crippen molar-refractivity contribution < 1.29 is 19.0 Å². The number of carbonyl (C=O) groups excluding carboxylic acids is 1. The summed E-state index contributed by atoms with van der Waals surface area (Å²) in [5.41, 5.74) is 5.21. The molecule has 0 heterocycles. The van der Waals surface area contributed by atoms with Crippen LogP contribution < -0.4 is 4.74 Å². The SMILES string of the molecule is COC(=Nc1ccccc1C)c1ccc(C(=O)c2ccc(C(=Nc3ccccc3OC)OC)cc2)cc1. The number of ketones is 1. The van der Waals surface area contributed by atoms with E-state index in [1.54, 1.807) is 45.6 Å². The van der Waals surface area contributed by atoms with Crippen molar-refractivity contribution in [2.24, 2.45) is 9.98 Å². The van der Waals surface area contributed by atoms with Crippen LogP contribution in [0.1, 0.15) is 32.6 Å². The summed E-state index contributed by atoms with van der Waals surface area (Å²) >= 11 is 0. The molecular formula is C31H28N2O4. The van der Waals surface area contributed by atoms with Crippen LogP contribution in [0.4, 0.5) is 11.4 Å². The van der Waals surface area contributed by atoms with E-state index in [9.17, 15) is 4.79 Å². The molecule has 37 heavy (non-hydrogen) atoms. The maximum absolute atomic E-state index is 13.1. The van der Waals surface area contributed by atoms with E-state index in [1.165, 1.54) is 0 Å². The van der Waals surface area contributed by atoms with E-state index >= 15 is 0 Å². The molecule has 0 bridgehead atoms. The average molecular weight is 493 g/mol. The Kier molecular flexibility index (Phi) is 8.11. The molecule has 0 saturated heterocycles. The maximum Gasteiger partial charge on any atom is 0.221 e. The van der Waals surface area contributed by atoms with Crippen molar-refractivity contribution in [1.82, 2.24) is 0 Å². The van der Waals surface area contributed by atoms with Gasteiger partial charge in [0.15, 0.2) is 5.78 Å². The first-order chi connectivity index (χ1) is 18.0. The number of carbonyl (C=O) groups is 1. The Balaban J connectivity index is 1.54. The van der Waals surface area contributed by atoms with Gasteiger partial charge in [-0.3, -0.25) is 4.79 Å². The number of para-hydroxylation sites is 3. The van der Waals surface area contributed by atoms with Crippen molar-refractivity contribution in [3.63, 3.8) is 0 Å². The third-order valence-electron chi connectivity index (χ3n) is 5.82. The van der Waals surface area contributed by atoms with E-state index in [0.717, 1.165) is 22.4 Å². The molecule has 4 aromatic rings. The predicted octanol–water partition coefficient (Wildman–Crippen LogP) is 6.68. The zero-order chi connectivity index (χ0) is 26.2. The van der Waals surface area contributed by atoms with Gasteiger partial charge in [0.05, 0.1) is 27.0 Å². The monoisotopic (exact) mass is 492 g/mol. The van der Waals surface area contributed by atoms with Crippen LogP contribution in [0, 0.1) is 6.92 Å². The second-order valence-electron chi connectivity index (χ2n) is 8.18. The standard InChI is InChI=1S/C31H28N2O4/c1-21-9-5-6-10-26(21)32-30(36-3)24-17-13-22(14-18-24)29(34)23-15-19-25(20-16-23)31(37-4)33-27-11-7-8-12-28(27)35-2/h5-20H,1-4H3. The molecule has 0 N–H and O–H groups in total. The summed E-state index contributed by atoms with van der Waals surface area (Å²) in [4.78, 5) is 22.3. The Hall–Kier alpha value is -4.71. The van der Waals surface area contributed by atoms with Gasteiger partial charge in [-0.2, -0.15) is 0 Å². The van der Waals surface area contributed by atoms with Gasteiger partial charge in [0.1, 0.15) is 11.4 Å². The minimum Gasteiger partial charge on any atom is -0.494 e. The van der Waals surface area contributed by atoms with E-state index in [4.69, 9.17) is 14.2 Å². The van der Waals surface area contributed by atoms with Crippen LogP contribution in [0.25, 0.3) is 0 Å². The van der Waals surface area contributed by atoms with Crippen LogP contribution >= 0.6 is 0 Å². The molecular weight excluding hydrogens is 464 g/mol. The molecule has 0 radical (unpaired) electrons. The fourth-order valence-corrected chi connectivity index (χ4v) is 3.78. The van der Waals surface area contributed by atoms with Crippen LogP contribution in [-0.2, 0) is 9.47 Å². The highest BCUT2D eigenvalue weighted by Crippen LogP contribution is 2.27. The van der Waals surface area contributed by atoms with Gasteiger partial charge in [0, 0.05) is 22.3 Å². The molecule has 0 aliphatic heterocycles. The summed E-state index contributed by atoms with van der Waals surface area (Å²) in [7, 11) is 4.75. The minimum absolute atomic E-state index is 0.0893. The Morgan fingerprint density at radius 3 is 1.49 bits per heavy atom. The van der Waals surface area contributed by atoms with Crippen molar-refractivity contribution in [3.8, 4) is 5.75 Å². The van der Waals surface area contributed by atoms with Gasteiger partial charge >= 0.3 is 0 Å². The molecule has 4 rings (SSSR count). The normalized spacial score (nSPS) is 11.7. The third kappa shape index (κ3) is 5.93. The number of aliphatic imine (C=N–C) groups is 2. The van der Waals surface area contributed by atoms with Gasteiger partial charge in [-0.15, -0.1) is 0 Å². The summed E-state index contributed by atoms with van der Waals surface area (Å²) < 4.78 is 16.4. The summed E-state index contributed by atoms with van der Waals surface area (Å²) in [6.07, 6.45) is 0. The number of hydrogen-bond donors (Lipinski definition) is 0. The highest BCUT2D eigenvalue weighted by molar-refractivity contribution is 6.10. The fraction of sp³-hybridized carbons (Fsp3) is 0.129. The van der Waals surface area contributed by atoms with E-state index < -0.39 is 0 Å². The average Bonchev–Trinajstić information content (AvgIpc) is 2.95. The molecule has 0 aromatic heterocycles. The number of ether oxygens (including phenoxy) is 3. The molecule has 6 nitrogen and oxygen atoms in total. The first-order valence-corrected chi connectivity index (χ1v) is 11.7. The number of nitrogens with zero attached hydrogens (tertiary/aromatic N) is 2. The van der Waals surface area contributed by atoms with Gasteiger partial charge in [-0.05, 0) is 55.0 Å². The second kappa shape index (κ2) is 11.8. The molecule has 0 aliphatic rings. The van der Waals surface area contributed by atoms with Crippen LogP contribution in [-0.4, -0.2) is 38.9 Å². The highest BCUT2D eigenvalue weighted by atomic mass is 16.5. The van der Waals surface area contributed by atoms with Gasteiger partial charge < -0.3 is 14.2 Å². The molecule has 0 spiro atoms. The summed E-state index contributed by atoms with van der Waals surface area (Å²) in [5.74, 6) is 1.47. The van der Waals surface area contributed by atoms with Crippen LogP contribution in [0.15, 0.2) is 107 Å². The molecule has 0 aliphatic carbocycles. The van der Waals surface area contributed by atoms with Crippen molar-refractivity contribution in [2.45, 2.75) is 6.92 Å². The van der Waals surface area contributed by atoms with Gasteiger partial charge in [0.25, 0.3) is 0 Å². The summed E-state index contributed by atoms with van der Waals surface area (Å²) in [6.45, 7) is 2.00. The van der Waals surface area contributed by atoms with Crippen LogP contribution in [0.2, 0.25) is 0 Å². The first kappa shape index (κ1) is 25.4. The lowest BCUT2D eigenvalue weighted by molar-refractivity contribution is 0.103. The molecule has 6 heteroatoms. The highest BCUT2D eigenvalue weighted by Gasteiger charge is 2.13. The zero-order valence-corrected chi connectivity index (χ0v) is 21.3. The molecule has 186 valence electrons.